The first kappa shape index (κ1) is 31.9. The summed E-state index contributed by atoms with van der Waals surface area (Å²) in [4.78, 5) is 14.8. The number of aryl methyl sites for hydroxylation is 1. The monoisotopic (exact) mass is 573 g/mol. The van der Waals surface area contributed by atoms with Gasteiger partial charge >= 0.3 is 0 Å². The molecule has 0 aliphatic heterocycles. The van der Waals surface area contributed by atoms with Gasteiger partial charge in [-0.15, -0.1) is 0 Å². The van der Waals surface area contributed by atoms with Gasteiger partial charge in [-0.05, 0) is 99.1 Å². The van der Waals surface area contributed by atoms with Crippen LogP contribution >= 0.6 is 0 Å². The maximum absolute atomic E-state index is 13.3. The van der Waals surface area contributed by atoms with Crippen molar-refractivity contribution < 1.29 is 22.7 Å². The molecule has 1 aliphatic carbocycles. The number of benzene rings is 2. The Balaban J connectivity index is 1.38. The Morgan fingerprint density at radius 3 is 2.30 bits per heavy atom. The van der Waals surface area contributed by atoms with E-state index in [-0.39, 0.29) is 25.7 Å². The lowest BCUT2D eigenvalue weighted by atomic mass is 9.79. The lowest BCUT2D eigenvalue weighted by Crippen LogP contribution is -2.35. The molecular weight excluding hydrogens is 526 g/mol. The van der Waals surface area contributed by atoms with Gasteiger partial charge in [-0.2, -0.15) is 4.31 Å². The van der Waals surface area contributed by atoms with Gasteiger partial charge in [-0.25, -0.2) is 8.42 Å². The summed E-state index contributed by atoms with van der Waals surface area (Å²) >= 11 is 0. The minimum atomic E-state index is -3.71. The quantitative estimate of drug-likeness (QED) is 0.356. The number of likely N-dealkylation sites (N-methyl/N-ethyl adjacent to an activating group) is 1. The fraction of sp³-hybridized carbons (Fsp3) is 0.581. The Morgan fingerprint density at radius 1 is 1.00 bits per heavy atom. The summed E-state index contributed by atoms with van der Waals surface area (Å²) in [6.45, 7) is 6.29. The van der Waals surface area contributed by atoms with Crippen LogP contribution < -0.4 is 15.0 Å². The van der Waals surface area contributed by atoms with Crippen molar-refractivity contribution in [1.82, 2.24) is 9.62 Å². The molecule has 1 fully saturated rings. The Hall–Kier alpha value is -2.62. The molecule has 0 heterocycles. The molecule has 40 heavy (non-hydrogen) atoms. The van der Waals surface area contributed by atoms with Crippen LogP contribution in [0.15, 0.2) is 35.2 Å². The number of sulfonamides is 1. The Labute approximate surface area is 241 Å². The number of carbonyl (C=O) groups is 1. The Morgan fingerprint density at radius 2 is 1.65 bits per heavy atom. The third-order valence-electron chi connectivity index (χ3n) is 8.19. The van der Waals surface area contributed by atoms with Gasteiger partial charge in [0.1, 0.15) is 12.4 Å². The molecule has 2 aromatic rings. The van der Waals surface area contributed by atoms with Gasteiger partial charge in [0.15, 0.2) is 0 Å². The van der Waals surface area contributed by atoms with Crippen molar-refractivity contribution in [3.05, 3.63) is 52.6 Å². The molecule has 0 atom stereocenters. The highest BCUT2D eigenvalue weighted by atomic mass is 32.2. The molecule has 0 spiro atoms. The van der Waals surface area contributed by atoms with Crippen LogP contribution in [0.25, 0.3) is 0 Å². The fourth-order valence-corrected chi connectivity index (χ4v) is 7.28. The van der Waals surface area contributed by atoms with Crippen molar-refractivity contribution in [2.24, 2.45) is 11.8 Å². The van der Waals surface area contributed by atoms with E-state index in [1.54, 1.807) is 27.0 Å². The minimum Gasteiger partial charge on any atom is -0.496 e. The van der Waals surface area contributed by atoms with Crippen LogP contribution in [0.5, 0.6) is 5.75 Å². The number of hydrogen-bond acceptors (Lipinski definition) is 6. The predicted octanol–water partition coefficient (Wildman–Crippen LogP) is 4.49. The fourth-order valence-electron chi connectivity index (χ4n) is 5.64. The van der Waals surface area contributed by atoms with Gasteiger partial charge in [0.2, 0.25) is 15.9 Å². The molecule has 0 unspecified atom stereocenters. The first-order valence-electron chi connectivity index (χ1n) is 14.2. The first-order valence-corrected chi connectivity index (χ1v) is 15.6. The third-order valence-corrected chi connectivity index (χ3v) is 10.3. The lowest BCUT2D eigenvalue weighted by molar-refractivity contribution is -0.125. The molecule has 1 amide bonds. The molecule has 0 aromatic heterocycles. The topological polar surface area (TPSA) is 88.2 Å². The van der Waals surface area contributed by atoms with Gasteiger partial charge in [0.05, 0.1) is 18.6 Å². The standard InChI is InChI=1S/C31H47N3O5S/c1-22-18-29(38-7)23(2)24(3)31(22)40(36,37)34(6)16-17-39-21-30(35)32-20-26-14-12-25(13-15-26)19-27-10-8-9-11-28(27)33(4)5/h8-11,18,25-26H,12-17,19-21H2,1-7H3,(H,32,35). The van der Waals surface area contributed by atoms with Gasteiger partial charge in [-0.3, -0.25) is 4.79 Å². The molecule has 9 heteroatoms. The van der Waals surface area contributed by atoms with E-state index in [0.29, 0.717) is 40.2 Å². The SMILES string of the molecule is COc1cc(C)c(S(=O)(=O)N(C)CCOCC(=O)NCC2CCC(Cc3ccccc3N(C)C)CC2)c(C)c1C. The molecule has 1 saturated carbocycles. The average molecular weight is 574 g/mol. The van der Waals surface area contributed by atoms with Crippen LogP contribution in [0.1, 0.15) is 47.9 Å². The van der Waals surface area contributed by atoms with Crippen molar-refractivity contribution in [2.75, 3.05) is 59.5 Å². The molecule has 1 aliphatic rings. The van der Waals surface area contributed by atoms with E-state index in [0.717, 1.165) is 24.8 Å². The van der Waals surface area contributed by atoms with Crippen molar-refractivity contribution in [1.29, 1.82) is 0 Å². The number of para-hydroxylation sites is 1. The number of methoxy groups -OCH3 is 1. The summed E-state index contributed by atoms with van der Waals surface area (Å²) in [5, 5.41) is 3.00. The Bertz CT molecular complexity index is 1250. The van der Waals surface area contributed by atoms with Crippen molar-refractivity contribution in [2.45, 2.75) is 57.8 Å². The molecule has 1 N–H and O–H groups in total. The highest BCUT2D eigenvalue weighted by Gasteiger charge is 2.27. The zero-order valence-corrected chi connectivity index (χ0v) is 26.1. The number of ether oxygens (including phenoxy) is 2. The van der Waals surface area contributed by atoms with Gasteiger partial charge in [-0.1, -0.05) is 18.2 Å². The second kappa shape index (κ2) is 14.3. The summed E-state index contributed by atoms with van der Waals surface area (Å²) in [5.74, 6) is 1.67. The maximum atomic E-state index is 13.3. The number of hydrogen-bond donors (Lipinski definition) is 1. The number of amides is 1. The third kappa shape index (κ3) is 7.98. The number of anilines is 1. The maximum Gasteiger partial charge on any atom is 0.246 e. The smallest absolute Gasteiger partial charge is 0.246 e. The zero-order valence-electron chi connectivity index (χ0n) is 25.2. The van der Waals surface area contributed by atoms with E-state index < -0.39 is 10.0 Å². The molecule has 0 bridgehead atoms. The summed E-state index contributed by atoms with van der Waals surface area (Å²) in [6.07, 6.45) is 5.67. The number of rotatable bonds is 13. The zero-order chi connectivity index (χ0) is 29.4. The van der Waals surface area contributed by atoms with E-state index in [4.69, 9.17) is 9.47 Å². The van der Waals surface area contributed by atoms with Crippen LogP contribution in [0.2, 0.25) is 0 Å². The largest absolute Gasteiger partial charge is 0.496 e. The van der Waals surface area contributed by atoms with Crippen LogP contribution in [-0.2, 0) is 26.0 Å². The van der Waals surface area contributed by atoms with Crippen molar-refractivity contribution in [3.8, 4) is 5.75 Å². The highest BCUT2D eigenvalue weighted by Crippen LogP contribution is 2.33. The van der Waals surface area contributed by atoms with Crippen LogP contribution in [-0.4, -0.2) is 73.2 Å². The van der Waals surface area contributed by atoms with E-state index in [9.17, 15) is 13.2 Å². The van der Waals surface area contributed by atoms with E-state index in [1.807, 2.05) is 6.92 Å². The number of carbonyl (C=O) groups excluding carboxylic acids is 1. The summed E-state index contributed by atoms with van der Waals surface area (Å²) < 4.78 is 38.7. The number of nitrogens with one attached hydrogen (secondary N) is 1. The van der Waals surface area contributed by atoms with Crippen molar-refractivity contribution in [3.63, 3.8) is 0 Å². The molecule has 0 radical (unpaired) electrons. The molecule has 3 rings (SSSR count). The van der Waals surface area contributed by atoms with Crippen LogP contribution in [0.3, 0.4) is 0 Å². The van der Waals surface area contributed by atoms with Crippen LogP contribution in [0, 0.1) is 32.6 Å². The summed E-state index contributed by atoms with van der Waals surface area (Å²) in [5.41, 5.74) is 4.82. The highest BCUT2D eigenvalue weighted by molar-refractivity contribution is 7.89. The normalized spacial score (nSPS) is 17.6. The predicted molar refractivity (Wildman–Crippen MR) is 161 cm³/mol. The Kier molecular flexibility index (Phi) is 11.4. The van der Waals surface area contributed by atoms with Gasteiger partial charge in [0, 0.05) is 39.9 Å². The van der Waals surface area contributed by atoms with Crippen LogP contribution in [0.4, 0.5) is 5.69 Å². The second-order valence-corrected chi connectivity index (χ2v) is 13.3. The molecule has 222 valence electrons. The molecule has 8 nitrogen and oxygen atoms in total. The average Bonchev–Trinajstić information content (AvgIpc) is 2.92. The van der Waals surface area contributed by atoms with E-state index in [1.165, 1.54) is 35.4 Å². The summed E-state index contributed by atoms with van der Waals surface area (Å²) in [6, 6.07) is 10.4. The van der Waals surface area contributed by atoms with E-state index in [2.05, 4.69) is 48.6 Å². The van der Waals surface area contributed by atoms with Gasteiger partial charge in [0.25, 0.3) is 0 Å². The molecular formula is C31H47N3O5S. The second-order valence-electron chi connectivity index (χ2n) is 11.3. The van der Waals surface area contributed by atoms with Crippen molar-refractivity contribution >= 4 is 21.6 Å². The van der Waals surface area contributed by atoms with Gasteiger partial charge < -0.3 is 19.7 Å². The number of nitrogens with zero attached hydrogens (tertiary/aromatic N) is 2. The first-order chi connectivity index (χ1) is 18.9. The molecule has 2 aromatic carbocycles. The lowest BCUT2D eigenvalue weighted by Gasteiger charge is -2.29. The van der Waals surface area contributed by atoms with E-state index >= 15 is 0 Å². The minimum absolute atomic E-state index is 0.0791. The molecule has 0 saturated heterocycles. The summed E-state index contributed by atoms with van der Waals surface area (Å²) in [7, 11) is 3.58.